The molecule has 26 heavy (non-hydrogen) atoms. The number of ether oxygens (including phenoxy) is 2. The van der Waals surface area contributed by atoms with E-state index in [9.17, 15) is 14.9 Å². The Morgan fingerprint density at radius 2 is 2.08 bits per heavy atom. The smallest absolute Gasteiger partial charge is 0.337 e. The summed E-state index contributed by atoms with van der Waals surface area (Å²) in [6.45, 7) is -0.0430. The number of benzene rings is 2. The highest BCUT2D eigenvalue weighted by molar-refractivity contribution is 6.32. The Hall–Kier alpha value is -3.19. The van der Waals surface area contributed by atoms with Crippen molar-refractivity contribution in [3.63, 3.8) is 0 Å². The largest absolute Gasteiger partial charge is 0.482 e. The molecule has 0 atom stereocenters. The van der Waals surface area contributed by atoms with Gasteiger partial charge in [0, 0.05) is 34.3 Å². The maximum Gasteiger partial charge on any atom is 0.337 e. The first-order chi connectivity index (χ1) is 12.5. The lowest BCUT2D eigenvalue weighted by Crippen LogP contribution is -2.05. The Morgan fingerprint density at radius 3 is 2.81 bits per heavy atom. The van der Waals surface area contributed by atoms with E-state index >= 15 is 0 Å². The summed E-state index contributed by atoms with van der Waals surface area (Å²) in [5.74, 6) is -0.670. The number of nitrogens with zero attached hydrogens (tertiary/aromatic N) is 2. The summed E-state index contributed by atoms with van der Waals surface area (Å²) in [6.07, 6.45) is 1.63. The number of hydrogen-bond acceptors (Lipinski definition) is 6. The van der Waals surface area contributed by atoms with E-state index < -0.39 is 10.9 Å². The lowest BCUT2D eigenvalue weighted by Gasteiger charge is -2.11. The average molecular weight is 373 g/mol. The molecule has 0 saturated heterocycles. The van der Waals surface area contributed by atoms with Gasteiger partial charge in [0.2, 0.25) is 0 Å². The fourth-order valence-corrected chi connectivity index (χ4v) is 2.70. The molecule has 0 bridgehead atoms. The van der Waals surface area contributed by atoms with E-state index in [0.29, 0.717) is 16.1 Å². The molecule has 0 fully saturated rings. The van der Waals surface area contributed by atoms with E-state index in [4.69, 9.17) is 16.3 Å². The van der Waals surface area contributed by atoms with Gasteiger partial charge < -0.3 is 9.47 Å². The Bertz CT molecular complexity index is 1010. The third-order valence-electron chi connectivity index (χ3n) is 3.77. The summed E-state index contributed by atoms with van der Waals surface area (Å²) in [5, 5.41) is 12.5. The minimum atomic E-state index is -0.616. The van der Waals surface area contributed by atoms with Crippen molar-refractivity contribution in [3.05, 3.63) is 74.9 Å². The lowest BCUT2D eigenvalue weighted by molar-refractivity contribution is -0.385. The van der Waals surface area contributed by atoms with Crippen LogP contribution >= 0.6 is 11.6 Å². The summed E-state index contributed by atoms with van der Waals surface area (Å²) in [5.41, 5.74) is 1.13. The van der Waals surface area contributed by atoms with Crippen molar-refractivity contribution in [2.75, 3.05) is 7.11 Å². The molecule has 7 nitrogen and oxygen atoms in total. The molecule has 3 rings (SSSR count). The first-order valence-corrected chi connectivity index (χ1v) is 7.90. The van der Waals surface area contributed by atoms with E-state index in [1.54, 1.807) is 18.3 Å². The molecule has 0 aliphatic carbocycles. The monoisotopic (exact) mass is 372 g/mol. The predicted octanol–water partition coefficient (Wildman–Crippen LogP) is 4.16. The standard InChI is InChI=1S/C18H13ClN2O5/c1-25-18(22)12-5-7-15(21(23)24)16(9-12)26-10-13-14(19)6-4-11-3-2-8-20-17(11)13/h2-9H,10H2,1H3. The average Bonchev–Trinajstić information content (AvgIpc) is 2.66. The van der Waals surface area contributed by atoms with Crippen LogP contribution in [0.3, 0.4) is 0 Å². The molecule has 0 saturated carbocycles. The zero-order chi connectivity index (χ0) is 18.7. The van der Waals surface area contributed by atoms with Gasteiger partial charge in [0.1, 0.15) is 6.61 Å². The Morgan fingerprint density at radius 1 is 1.27 bits per heavy atom. The van der Waals surface area contributed by atoms with Gasteiger partial charge in [-0.3, -0.25) is 15.1 Å². The van der Waals surface area contributed by atoms with Crippen LogP contribution in [0.15, 0.2) is 48.7 Å². The van der Waals surface area contributed by atoms with Gasteiger partial charge in [0.25, 0.3) is 0 Å². The third kappa shape index (κ3) is 3.43. The van der Waals surface area contributed by atoms with Crippen LogP contribution in [0.5, 0.6) is 5.75 Å². The summed E-state index contributed by atoms with van der Waals surface area (Å²) in [7, 11) is 1.23. The maximum atomic E-state index is 11.7. The minimum absolute atomic E-state index is 0.0430. The molecule has 0 aliphatic heterocycles. The zero-order valence-corrected chi connectivity index (χ0v) is 14.4. The molecule has 1 heterocycles. The first-order valence-electron chi connectivity index (χ1n) is 7.53. The Balaban J connectivity index is 1.98. The maximum absolute atomic E-state index is 11.7. The highest BCUT2D eigenvalue weighted by Gasteiger charge is 2.19. The zero-order valence-electron chi connectivity index (χ0n) is 13.6. The van der Waals surface area contributed by atoms with Crippen LogP contribution in [-0.4, -0.2) is 23.0 Å². The molecule has 132 valence electrons. The fourth-order valence-electron chi connectivity index (χ4n) is 2.49. The van der Waals surface area contributed by atoms with Gasteiger partial charge in [-0.1, -0.05) is 23.7 Å². The van der Waals surface area contributed by atoms with Gasteiger partial charge in [-0.05, 0) is 18.2 Å². The number of carbonyl (C=O) groups excluding carboxylic acids is 1. The van der Waals surface area contributed by atoms with Crippen LogP contribution in [-0.2, 0) is 11.3 Å². The van der Waals surface area contributed by atoms with Crippen molar-refractivity contribution in [2.45, 2.75) is 6.61 Å². The number of nitro benzene ring substituents is 1. The van der Waals surface area contributed by atoms with Crippen molar-refractivity contribution >= 4 is 34.2 Å². The summed E-state index contributed by atoms with van der Waals surface area (Å²) < 4.78 is 10.3. The highest BCUT2D eigenvalue weighted by atomic mass is 35.5. The number of aromatic nitrogens is 1. The molecule has 8 heteroatoms. The summed E-state index contributed by atoms with van der Waals surface area (Å²) in [6, 6.07) is 11.0. The molecule has 0 aliphatic rings. The molecular formula is C18H13ClN2O5. The van der Waals surface area contributed by atoms with Crippen LogP contribution in [0.4, 0.5) is 5.69 Å². The molecular weight excluding hydrogens is 360 g/mol. The third-order valence-corrected chi connectivity index (χ3v) is 4.13. The van der Waals surface area contributed by atoms with Crippen LogP contribution in [0.2, 0.25) is 5.02 Å². The number of halogens is 1. The molecule has 0 N–H and O–H groups in total. The van der Waals surface area contributed by atoms with Gasteiger partial charge in [-0.15, -0.1) is 0 Å². The second-order valence-corrected chi connectivity index (χ2v) is 5.73. The topological polar surface area (TPSA) is 91.6 Å². The number of methoxy groups -OCH3 is 1. The molecule has 1 aromatic heterocycles. The van der Waals surface area contributed by atoms with Crippen LogP contribution in [0.1, 0.15) is 15.9 Å². The van der Waals surface area contributed by atoms with E-state index in [1.807, 2.05) is 12.1 Å². The molecule has 0 spiro atoms. The van der Waals surface area contributed by atoms with E-state index in [1.165, 1.54) is 25.3 Å². The Kier molecular flexibility index (Phi) is 4.99. The van der Waals surface area contributed by atoms with Crippen molar-refractivity contribution in [2.24, 2.45) is 0 Å². The second-order valence-electron chi connectivity index (χ2n) is 5.32. The lowest BCUT2D eigenvalue weighted by atomic mass is 10.1. The highest BCUT2D eigenvalue weighted by Crippen LogP contribution is 2.31. The summed E-state index contributed by atoms with van der Waals surface area (Å²) >= 11 is 6.25. The number of pyridine rings is 1. The van der Waals surface area contributed by atoms with Crippen LogP contribution in [0, 0.1) is 10.1 Å². The number of carbonyl (C=O) groups is 1. The quantitative estimate of drug-likeness (QED) is 0.379. The normalized spacial score (nSPS) is 10.5. The number of esters is 1. The van der Waals surface area contributed by atoms with Gasteiger partial charge in [-0.2, -0.15) is 0 Å². The van der Waals surface area contributed by atoms with Gasteiger partial charge in [0.05, 0.1) is 23.1 Å². The molecule has 2 aromatic carbocycles. The number of rotatable bonds is 5. The van der Waals surface area contributed by atoms with Crippen molar-refractivity contribution in [3.8, 4) is 5.75 Å². The predicted molar refractivity (Wildman–Crippen MR) is 95.5 cm³/mol. The first kappa shape index (κ1) is 17.6. The molecule has 3 aromatic rings. The fraction of sp³-hybridized carbons (Fsp3) is 0.111. The van der Waals surface area contributed by atoms with Gasteiger partial charge in [-0.25, -0.2) is 4.79 Å². The van der Waals surface area contributed by atoms with E-state index in [2.05, 4.69) is 9.72 Å². The summed E-state index contributed by atoms with van der Waals surface area (Å²) in [4.78, 5) is 26.6. The Labute approximate surface area is 153 Å². The van der Waals surface area contributed by atoms with E-state index in [0.717, 1.165) is 5.39 Å². The van der Waals surface area contributed by atoms with Gasteiger partial charge in [0.15, 0.2) is 5.75 Å². The van der Waals surface area contributed by atoms with Gasteiger partial charge >= 0.3 is 11.7 Å². The minimum Gasteiger partial charge on any atom is -0.482 e. The SMILES string of the molecule is COC(=O)c1ccc([N+](=O)[O-])c(OCc2c(Cl)ccc3cccnc23)c1. The van der Waals surface area contributed by atoms with E-state index in [-0.39, 0.29) is 23.6 Å². The van der Waals surface area contributed by atoms with Crippen LogP contribution < -0.4 is 4.74 Å². The van der Waals surface area contributed by atoms with Crippen LogP contribution in [0.25, 0.3) is 10.9 Å². The number of nitro groups is 1. The molecule has 0 unspecified atom stereocenters. The number of hydrogen-bond donors (Lipinski definition) is 0. The number of fused-ring (bicyclic) bond motifs is 1. The van der Waals surface area contributed by atoms with Crippen molar-refractivity contribution in [1.29, 1.82) is 0 Å². The molecule has 0 amide bonds. The van der Waals surface area contributed by atoms with Crippen molar-refractivity contribution < 1.29 is 19.2 Å². The second kappa shape index (κ2) is 7.37. The van der Waals surface area contributed by atoms with Crippen molar-refractivity contribution in [1.82, 2.24) is 4.98 Å². The molecule has 0 radical (unpaired) electrons.